The van der Waals surface area contributed by atoms with Crippen molar-refractivity contribution >= 4 is 17.9 Å². The Morgan fingerprint density at radius 3 is 2.18 bits per heavy atom. The number of nitrogens with zero attached hydrogens (tertiary/aromatic N) is 1. The molecule has 1 rings (SSSR count). The summed E-state index contributed by atoms with van der Waals surface area (Å²) in [5.41, 5.74) is 1.69. The summed E-state index contributed by atoms with van der Waals surface area (Å²) >= 11 is 0. The molecule has 7 heteroatoms. The number of ether oxygens (including phenoxy) is 1. The number of carbonyl (C=O) groups excluding carboxylic acids is 3. The van der Waals surface area contributed by atoms with Crippen LogP contribution >= 0.6 is 0 Å². The lowest BCUT2D eigenvalue weighted by atomic mass is 9.95. The first-order valence-corrected chi connectivity index (χ1v) is 11.8. The SMILES string of the molecule is CCCCCN(C(=O)CNC(=O)OC(C)(C)C)C(C(=O)NC(C)(C)C)c1ccc(C)cc1C. The highest BCUT2D eigenvalue weighted by Gasteiger charge is 2.34. The third-order valence-corrected chi connectivity index (χ3v) is 4.88. The van der Waals surface area contributed by atoms with E-state index in [9.17, 15) is 14.4 Å². The first kappa shape index (κ1) is 28.5. The molecule has 186 valence electrons. The second-order valence-corrected chi connectivity index (χ2v) is 10.7. The van der Waals surface area contributed by atoms with E-state index in [0.29, 0.717) is 6.54 Å². The van der Waals surface area contributed by atoms with Crippen LogP contribution < -0.4 is 10.6 Å². The van der Waals surface area contributed by atoms with E-state index in [1.807, 2.05) is 52.8 Å². The van der Waals surface area contributed by atoms with Gasteiger partial charge in [0.05, 0.1) is 0 Å². The fraction of sp³-hybridized carbons (Fsp3) is 0.654. The molecule has 33 heavy (non-hydrogen) atoms. The van der Waals surface area contributed by atoms with Gasteiger partial charge in [0, 0.05) is 12.1 Å². The van der Waals surface area contributed by atoms with Crippen LogP contribution in [-0.4, -0.2) is 47.0 Å². The summed E-state index contributed by atoms with van der Waals surface area (Å²) in [4.78, 5) is 40.5. The minimum Gasteiger partial charge on any atom is -0.444 e. The zero-order valence-corrected chi connectivity index (χ0v) is 21.9. The molecule has 0 bridgehead atoms. The molecule has 0 saturated carbocycles. The number of nitrogens with one attached hydrogen (secondary N) is 2. The van der Waals surface area contributed by atoms with E-state index in [2.05, 4.69) is 17.6 Å². The van der Waals surface area contributed by atoms with Crippen molar-refractivity contribution in [3.05, 3.63) is 34.9 Å². The van der Waals surface area contributed by atoms with Gasteiger partial charge < -0.3 is 20.3 Å². The maximum Gasteiger partial charge on any atom is 0.408 e. The van der Waals surface area contributed by atoms with Gasteiger partial charge in [-0.3, -0.25) is 9.59 Å². The molecular weight excluding hydrogens is 418 g/mol. The van der Waals surface area contributed by atoms with Crippen LogP contribution in [0.2, 0.25) is 0 Å². The topological polar surface area (TPSA) is 87.7 Å². The minimum atomic E-state index is -0.797. The van der Waals surface area contributed by atoms with Gasteiger partial charge in [-0.15, -0.1) is 0 Å². The molecule has 2 N–H and O–H groups in total. The number of amides is 3. The van der Waals surface area contributed by atoms with Crippen LogP contribution in [0.25, 0.3) is 0 Å². The number of rotatable bonds is 9. The Labute approximate surface area is 199 Å². The molecule has 0 aliphatic rings. The first-order valence-electron chi connectivity index (χ1n) is 11.8. The highest BCUT2D eigenvalue weighted by Crippen LogP contribution is 2.27. The summed E-state index contributed by atoms with van der Waals surface area (Å²) < 4.78 is 5.26. The van der Waals surface area contributed by atoms with Gasteiger partial charge in [-0.05, 0) is 72.9 Å². The van der Waals surface area contributed by atoms with Crippen LogP contribution in [0.5, 0.6) is 0 Å². The molecule has 0 fully saturated rings. The Morgan fingerprint density at radius 1 is 1.03 bits per heavy atom. The number of unbranched alkanes of at least 4 members (excludes halogenated alkanes) is 2. The molecule has 0 radical (unpaired) electrons. The van der Waals surface area contributed by atoms with Gasteiger partial charge in [0.2, 0.25) is 11.8 Å². The summed E-state index contributed by atoms with van der Waals surface area (Å²) in [5.74, 6) is -0.567. The van der Waals surface area contributed by atoms with Gasteiger partial charge in [-0.2, -0.15) is 0 Å². The predicted octanol–water partition coefficient (Wildman–Crippen LogP) is 4.80. The lowest BCUT2D eigenvalue weighted by Gasteiger charge is -2.34. The van der Waals surface area contributed by atoms with Crippen molar-refractivity contribution in [3.63, 3.8) is 0 Å². The van der Waals surface area contributed by atoms with Gasteiger partial charge in [-0.25, -0.2) is 4.79 Å². The minimum absolute atomic E-state index is 0.239. The standard InChI is InChI=1S/C26H43N3O4/c1-10-11-12-15-29(21(30)17-27-24(32)33-26(7,8)9)22(23(31)28-25(4,5)6)20-14-13-18(2)16-19(20)3/h13-14,16,22H,10-12,15,17H2,1-9H3,(H,27,32)(H,28,31). The molecule has 1 atom stereocenters. The fourth-order valence-electron chi connectivity index (χ4n) is 3.51. The summed E-state index contributed by atoms with van der Waals surface area (Å²) in [6.45, 7) is 17.2. The molecule has 3 amide bonds. The number of alkyl carbamates (subject to hydrolysis) is 1. The highest BCUT2D eigenvalue weighted by atomic mass is 16.6. The third kappa shape index (κ3) is 10.3. The molecule has 7 nitrogen and oxygen atoms in total. The van der Waals surface area contributed by atoms with Crippen molar-refractivity contribution in [3.8, 4) is 0 Å². The van der Waals surface area contributed by atoms with Crippen molar-refractivity contribution in [2.24, 2.45) is 0 Å². The Morgan fingerprint density at radius 2 is 1.67 bits per heavy atom. The number of aryl methyl sites for hydroxylation is 2. The van der Waals surface area contributed by atoms with Crippen LogP contribution in [-0.2, 0) is 14.3 Å². The quantitative estimate of drug-likeness (QED) is 0.517. The Balaban J connectivity index is 3.30. The molecular formula is C26H43N3O4. The normalized spacial score (nSPS) is 12.6. The second-order valence-electron chi connectivity index (χ2n) is 10.7. The van der Waals surface area contributed by atoms with E-state index < -0.39 is 23.3 Å². The van der Waals surface area contributed by atoms with Crippen molar-refractivity contribution in [2.75, 3.05) is 13.1 Å². The van der Waals surface area contributed by atoms with Crippen LogP contribution in [0, 0.1) is 13.8 Å². The van der Waals surface area contributed by atoms with E-state index >= 15 is 0 Å². The van der Waals surface area contributed by atoms with E-state index in [1.165, 1.54) is 0 Å². The molecule has 0 saturated heterocycles. The van der Waals surface area contributed by atoms with E-state index in [0.717, 1.165) is 36.0 Å². The van der Waals surface area contributed by atoms with Crippen molar-refractivity contribution < 1.29 is 19.1 Å². The average Bonchev–Trinajstić information content (AvgIpc) is 2.64. The molecule has 0 aliphatic carbocycles. The van der Waals surface area contributed by atoms with E-state index in [-0.39, 0.29) is 18.4 Å². The zero-order valence-electron chi connectivity index (χ0n) is 21.9. The maximum absolute atomic E-state index is 13.5. The summed E-state index contributed by atoms with van der Waals surface area (Å²) in [5, 5.41) is 5.58. The lowest BCUT2D eigenvalue weighted by molar-refractivity contribution is -0.141. The Kier molecular flexibility index (Phi) is 10.4. The largest absolute Gasteiger partial charge is 0.444 e. The number of carbonyl (C=O) groups is 3. The van der Waals surface area contributed by atoms with Crippen LogP contribution in [0.1, 0.15) is 90.5 Å². The lowest BCUT2D eigenvalue weighted by Crippen LogP contribution is -2.51. The maximum atomic E-state index is 13.5. The molecule has 1 aromatic carbocycles. The molecule has 1 unspecified atom stereocenters. The van der Waals surface area contributed by atoms with E-state index in [1.54, 1.807) is 25.7 Å². The molecule has 0 aliphatic heterocycles. The second kappa shape index (κ2) is 12.1. The predicted molar refractivity (Wildman–Crippen MR) is 132 cm³/mol. The van der Waals surface area contributed by atoms with Crippen LogP contribution in [0.3, 0.4) is 0 Å². The highest BCUT2D eigenvalue weighted by molar-refractivity contribution is 5.91. The smallest absolute Gasteiger partial charge is 0.408 e. The third-order valence-electron chi connectivity index (χ3n) is 4.88. The average molecular weight is 462 g/mol. The number of hydrogen-bond acceptors (Lipinski definition) is 4. The van der Waals surface area contributed by atoms with Gasteiger partial charge >= 0.3 is 6.09 Å². The van der Waals surface area contributed by atoms with Crippen molar-refractivity contribution in [2.45, 2.75) is 98.8 Å². The summed E-state index contributed by atoms with van der Waals surface area (Å²) in [6, 6.07) is 5.08. The Hall–Kier alpha value is -2.57. The monoisotopic (exact) mass is 461 g/mol. The van der Waals surface area contributed by atoms with Gasteiger partial charge in [0.1, 0.15) is 18.2 Å². The van der Waals surface area contributed by atoms with E-state index in [4.69, 9.17) is 4.74 Å². The molecule has 0 spiro atoms. The van der Waals surface area contributed by atoms with Gasteiger partial charge in [0.15, 0.2) is 0 Å². The summed E-state index contributed by atoms with van der Waals surface area (Å²) in [6.07, 6.45) is 2.02. The van der Waals surface area contributed by atoms with Gasteiger partial charge in [-0.1, -0.05) is 43.5 Å². The summed E-state index contributed by atoms with van der Waals surface area (Å²) in [7, 11) is 0. The zero-order chi connectivity index (χ0) is 25.4. The molecule has 1 aromatic rings. The van der Waals surface area contributed by atoms with Crippen LogP contribution in [0.15, 0.2) is 18.2 Å². The first-order chi connectivity index (χ1) is 15.1. The van der Waals surface area contributed by atoms with Crippen LogP contribution in [0.4, 0.5) is 4.79 Å². The Bertz CT molecular complexity index is 822. The van der Waals surface area contributed by atoms with Crippen molar-refractivity contribution in [1.29, 1.82) is 0 Å². The van der Waals surface area contributed by atoms with Gasteiger partial charge in [0.25, 0.3) is 0 Å². The fourth-order valence-corrected chi connectivity index (χ4v) is 3.51. The molecule has 0 heterocycles. The van der Waals surface area contributed by atoms with Crippen molar-refractivity contribution in [1.82, 2.24) is 15.5 Å². The number of hydrogen-bond donors (Lipinski definition) is 2. The molecule has 0 aromatic heterocycles. The number of benzene rings is 1.